The van der Waals surface area contributed by atoms with Crippen LogP contribution in [-0.4, -0.2) is 14.0 Å². The lowest BCUT2D eigenvalue weighted by Crippen LogP contribution is -1.93. The Bertz CT molecular complexity index is 2750. The van der Waals surface area contributed by atoms with Crippen molar-refractivity contribution in [3.8, 4) is 27.9 Å². The summed E-state index contributed by atoms with van der Waals surface area (Å²) in [6, 6.07) is 59.0. The molecule has 0 radical (unpaired) electrons. The molecule has 0 saturated carbocycles. The van der Waals surface area contributed by atoms with Crippen molar-refractivity contribution in [1.82, 2.24) is 14.0 Å². The summed E-state index contributed by atoms with van der Waals surface area (Å²) in [6.45, 7) is 0. The molecule has 0 amide bonds. The number of para-hydroxylation sites is 5. The van der Waals surface area contributed by atoms with Gasteiger partial charge in [-0.1, -0.05) is 103 Å². The van der Waals surface area contributed by atoms with Gasteiger partial charge in [-0.3, -0.25) is 4.40 Å². The summed E-state index contributed by atoms with van der Waals surface area (Å²) >= 11 is 0. The van der Waals surface area contributed by atoms with Gasteiger partial charge in [0.05, 0.1) is 27.6 Å². The van der Waals surface area contributed by atoms with Gasteiger partial charge in [0.25, 0.3) is 0 Å². The van der Waals surface area contributed by atoms with E-state index in [9.17, 15) is 0 Å². The van der Waals surface area contributed by atoms with Crippen LogP contribution in [0.15, 0.2) is 164 Å². The lowest BCUT2D eigenvalue weighted by atomic mass is 9.96. The number of nitrogens with zero attached hydrogens (tertiary/aromatic N) is 3. The van der Waals surface area contributed by atoms with Crippen molar-refractivity contribution in [3.63, 3.8) is 0 Å². The van der Waals surface area contributed by atoms with Crippen LogP contribution in [0.3, 0.4) is 0 Å². The van der Waals surface area contributed by atoms with Gasteiger partial charge in [0.2, 0.25) is 0 Å². The molecule has 0 saturated heterocycles. The van der Waals surface area contributed by atoms with Gasteiger partial charge in [0, 0.05) is 27.2 Å². The molecule has 0 N–H and O–H groups in total. The molecule has 0 spiro atoms. The highest BCUT2D eigenvalue weighted by Gasteiger charge is 2.15. The first-order valence-corrected chi connectivity index (χ1v) is 15.7. The quantitative estimate of drug-likeness (QED) is 0.189. The lowest BCUT2D eigenvalue weighted by Gasteiger charge is -2.12. The van der Waals surface area contributed by atoms with Gasteiger partial charge in [-0.05, 0) is 88.3 Å². The van der Waals surface area contributed by atoms with Crippen LogP contribution in [0.25, 0.3) is 88.1 Å². The number of benzene rings is 7. The number of imidazole rings is 1. The van der Waals surface area contributed by atoms with E-state index in [1.54, 1.807) is 0 Å². The van der Waals surface area contributed by atoms with E-state index in [1.807, 2.05) is 0 Å². The largest absolute Gasteiger partial charge is 0.309 e. The van der Waals surface area contributed by atoms with E-state index in [0.29, 0.717) is 0 Å². The third-order valence-electron chi connectivity index (χ3n) is 9.49. The zero-order chi connectivity index (χ0) is 30.2. The maximum Gasteiger partial charge on any atom is 0.146 e. The number of pyridine rings is 1. The summed E-state index contributed by atoms with van der Waals surface area (Å²) < 4.78 is 4.67. The van der Waals surface area contributed by atoms with Crippen molar-refractivity contribution in [2.75, 3.05) is 0 Å². The molecule has 7 aromatic carbocycles. The smallest absolute Gasteiger partial charge is 0.146 e. The first kappa shape index (κ1) is 25.2. The van der Waals surface area contributed by atoms with Crippen LogP contribution in [0.1, 0.15) is 0 Å². The maximum absolute atomic E-state index is 5.07. The highest BCUT2D eigenvalue weighted by molar-refractivity contribution is 6.15. The molecule has 0 aliphatic rings. The average molecular weight is 586 g/mol. The van der Waals surface area contributed by atoms with Crippen LogP contribution in [-0.2, 0) is 0 Å². The molecule has 46 heavy (non-hydrogen) atoms. The third-order valence-corrected chi connectivity index (χ3v) is 9.49. The molecule has 0 aliphatic carbocycles. The predicted octanol–water partition coefficient (Wildman–Crippen LogP) is 11.2. The Morgan fingerprint density at radius 1 is 0.348 bits per heavy atom. The highest BCUT2D eigenvalue weighted by atomic mass is 15.0. The number of hydrogen-bond donors (Lipinski definition) is 0. The third kappa shape index (κ3) is 3.63. The Morgan fingerprint density at radius 2 is 0.891 bits per heavy atom. The van der Waals surface area contributed by atoms with E-state index < -0.39 is 0 Å². The second-order valence-corrected chi connectivity index (χ2v) is 12.0. The van der Waals surface area contributed by atoms with E-state index in [-0.39, 0.29) is 0 Å². The second kappa shape index (κ2) is 9.65. The van der Waals surface area contributed by atoms with E-state index >= 15 is 0 Å². The second-order valence-electron chi connectivity index (χ2n) is 12.0. The monoisotopic (exact) mass is 585 g/mol. The van der Waals surface area contributed by atoms with Crippen molar-refractivity contribution in [1.29, 1.82) is 0 Å². The summed E-state index contributed by atoms with van der Waals surface area (Å²) in [5.41, 5.74) is 12.7. The van der Waals surface area contributed by atoms with Crippen LogP contribution in [0.5, 0.6) is 0 Å². The molecule has 3 heterocycles. The Labute approximate surface area is 265 Å². The molecule has 3 aromatic heterocycles. The average Bonchev–Trinajstić information content (AvgIpc) is 3.69. The number of aromatic nitrogens is 3. The molecule has 214 valence electrons. The Kier molecular flexibility index (Phi) is 5.28. The Hall–Kier alpha value is -6.19. The van der Waals surface area contributed by atoms with E-state index in [1.165, 1.54) is 60.3 Å². The summed E-state index contributed by atoms with van der Waals surface area (Å²) in [5, 5.41) is 6.17. The van der Waals surface area contributed by atoms with Crippen molar-refractivity contribution in [2.24, 2.45) is 0 Å². The number of hydrogen-bond acceptors (Lipinski definition) is 1. The standard InChI is InChI=1S/C43H27N3/c1-5-16-39-33(12-1)34-13-2-6-17-40(34)45(39)32-23-20-28(21-24-32)29-10-9-11-30(26-29)31-22-25-36-37(27-31)35-14-3-7-18-41(35)46-42-19-8-4-15-38(42)44-43(36)46/h1-27H. The number of fused-ring (bicyclic) bond motifs is 11. The molecule has 10 rings (SSSR count). The molecular weight excluding hydrogens is 558 g/mol. The van der Waals surface area contributed by atoms with Crippen molar-refractivity contribution >= 4 is 60.2 Å². The fourth-order valence-corrected chi connectivity index (χ4v) is 7.37. The highest BCUT2D eigenvalue weighted by Crippen LogP contribution is 2.36. The summed E-state index contributed by atoms with van der Waals surface area (Å²) in [6.07, 6.45) is 0. The molecule has 0 fully saturated rings. The predicted molar refractivity (Wildman–Crippen MR) is 193 cm³/mol. The van der Waals surface area contributed by atoms with Gasteiger partial charge < -0.3 is 4.57 Å². The number of rotatable bonds is 3. The minimum absolute atomic E-state index is 0.999. The van der Waals surface area contributed by atoms with E-state index in [2.05, 4.69) is 173 Å². The molecular formula is C43H27N3. The van der Waals surface area contributed by atoms with E-state index in [4.69, 9.17) is 4.98 Å². The topological polar surface area (TPSA) is 22.2 Å². The normalized spacial score (nSPS) is 11.9. The molecule has 0 unspecified atom stereocenters. The van der Waals surface area contributed by atoms with Gasteiger partial charge in [0.1, 0.15) is 5.65 Å². The summed E-state index contributed by atoms with van der Waals surface area (Å²) in [5.74, 6) is 0. The summed E-state index contributed by atoms with van der Waals surface area (Å²) in [4.78, 5) is 5.07. The van der Waals surface area contributed by atoms with Gasteiger partial charge in [-0.25, -0.2) is 4.98 Å². The van der Waals surface area contributed by atoms with Crippen molar-refractivity contribution in [2.45, 2.75) is 0 Å². The first-order valence-electron chi connectivity index (χ1n) is 15.7. The molecule has 0 atom stereocenters. The van der Waals surface area contributed by atoms with Gasteiger partial charge in [0.15, 0.2) is 0 Å². The van der Waals surface area contributed by atoms with Crippen molar-refractivity contribution < 1.29 is 0 Å². The zero-order valence-corrected chi connectivity index (χ0v) is 24.9. The molecule has 0 aliphatic heterocycles. The van der Waals surface area contributed by atoms with Crippen molar-refractivity contribution in [3.05, 3.63) is 164 Å². The molecule has 10 aromatic rings. The maximum atomic E-state index is 5.07. The van der Waals surface area contributed by atoms with Crippen LogP contribution >= 0.6 is 0 Å². The van der Waals surface area contributed by atoms with Crippen LogP contribution in [0.2, 0.25) is 0 Å². The van der Waals surface area contributed by atoms with Crippen LogP contribution in [0, 0.1) is 0 Å². The lowest BCUT2D eigenvalue weighted by molar-refractivity contribution is 1.18. The fraction of sp³-hybridized carbons (Fsp3) is 0. The minimum atomic E-state index is 0.999. The summed E-state index contributed by atoms with van der Waals surface area (Å²) in [7, 11) is 0. The molecule has 3 heteroatoms. The van der Waals surface area contributed by atoms with Crippen LogP contribution < -0.4 is 0 Å². The van der Waals surface area contributed by atoms with Gasteiger partial charge in [-0.2, -0.15) is 0 Å². The molecule has 0 bridgehead atoms. The zero-order valence-electron chi connectivity index (χ0n) is 24.9. The fourth-order valence-electron chi connectivity index (χ4n) is 7.37. The van der Waals surface area contributed by atoms with E-state index in [0.717, 1.165) is 27.8 Å². The minimum Gasteiger partial charge on any atom is -0.309 e. The Morgan fingerprint density at radius 3 is 1.61 bits per heavy atom. The molecule has 3 nitrogen and oxygen atoms in total. The van der Waals surface area contributed by atoms with Gasteiger partial charge in [-0.15, -0.1) is 0 Å². The first-order chi connectivity index (χ1) is 22.8. The van der Waals surface area contributed by atoms with Gasteiger partial charge >= 0.3 is 0 Å². The SMILES string of the molecule is c1cc(-c2ccc(-n3c4ccccc4c4ccccc43)cc2)cc(-c2ccc3c(c2)c2ccccc2n2c4ccccc4nc32)c1. The Balaban J connectivity index is 1.08. The van der Waals surface area contributed by atoms with Crippen LogP contribution in [0.4, 0.5) is 0 Å².